The largest absolute Gasteiger partial charge is 0.508 e. The van der Waals surface area contributed by atoms with Crippen LogP contribution in [0.2, 0.25) is 0 Å². The van der Waals surface area contributed by atoms with Crippen molar-refractivity contribution in [3.63, 3.8) is 0 Å². The molecule has 5 nitrogen and oxygen atoms in total. The lowest BCUT2D eigenvalue weighted by Crippen LogP contribution is -2.27. The first-order chi connectivity index (χ1) is 10.0. The van der Waals surface area contributed by atoms with Gasteiger partial charge in [0, 0.05) is 13.6 Å². The van der Waals surface area contributed by atoms with Gasteiger partial charge in [0.05, 0.1) is 17.0 Å². The van der Waals surface area contributed by atoms with Gasteiger partial charge in [0.15, 0.2) is 0 Å². The summed E-state index contributed by atoms with van der Waals surface area (Å²) in [5, 5.41) is 17.4. The maximum Gasteiger partial charge on any atom is 0.255 e. The van der Waals surface area contributed by atoms with Gasteiger partial charge in [0.1, 0.15) is 5.75 Å². The highest BCUT2D eigenvalue weighted by Gasteiger charge is 2.17. The lowest BCUT2D eigenvalue weighted by molar-refractivity contribution is 0.0783. The third-order valence-electron chi connectivity index (χ3n) is 3.26. The van der Waals surface area contributed by atoms with Gasteiger partial charge in [0.25, 0.3) is 5.91 Å². The van der Waals surface area contributed by atoms with Gasteiger partial charge in [-0.3, -0.25) is 4.79 Å². The molecule has 110 valence electrons. The Morgan fingerprint density at radius 1 is 1.24 bits per heavy atom. The number of aromatic hydroxyl groups is 1. The van der Waals surface area contributed by atoms with E-state index in [0.29, 0.717) is 24.2 Å². The molecule has 0 spiro atoms. The van der Waals surface area contributed by atoms with E-state index in [1.807, 2.05) is 13.8 Å². The fraction of sp³-hybridized carbons (Fsp3) is 0.312. The standard InChI is InChI=1S/C16H19N3O2/c1-4-15-14(9-11(2)17-18-15)16(21)19(3)10-12-5-7-13(20)8-6-12/h5-9,20H,4,10H2,1-3H3. The highest BCUT2D eigenvalue weighted by Crippen LogP contribution is 2.14. The number of phenols is 1. The van der Waals surface area contributed by atoms with Crippen molar-refractivity contribution in [2.24, 2.45) is 0 Å². The minimum atomic E-state index is -0.0714. The average molecular weight is 285 g/mol. The van der Waals surface area contributed by atoms with Gasteiger partial charge in [-0.05, 0) is 37.1 Å². The van der Waals surface area contributed by atoms with Crippen LogP contribution >= 0.6 is 0 Å². The highest BCUT2D eigenvalue weighted by molar-refractivity contribution is 5.95. The maximum atomic E-state index is 12.6. The molecule has 1 N–H and O–H groups in total. The van der Waals surface area contributed by atoms with E-state index in [4.69, 9.17) is 0 Å². The molecule has 5 heteroatoms. The maximum absolute atomic E-state index is 12.6. The van der Waals surface area contributed by atoms with Crippen molar-refractivity contribution in [1.29, 1.82) is 0 Å². The smallest absolute Gasteiger partial charge is 0.255 e. The summed E-state index contributed by atoms with van der Waals surface area (Å²) in [5.74, 6) is 0.146. The number of phenolic OH excluding ortho intramolecular Hbond substituents is 1. The van der Waals surface area contributed by atoms with E-state index in [2.05, 4.69) is 10.2 Å². The molecule has 2 aromatic rings. The highest BCUT2D eigenvalue weighted by atomic mass is 16.3. The molecule has 0 atom stereocenters. The topological polar surface area (TPSA) is 66.3 Å². The molecular weight excluding hydrogens is 266 g/mol. The summed E-state index contributed by atoms with van der Waals surface area (Å²) in [6, 6.07) is 8.61. The molecule has 0 saturated heterocycles. The van der Waals surface area contributed by atoms with Gasteiger partial charge in [0.2, 0.25) is 0 Å². The molecule has 1 aromatic heterocycles. The Bertz CT molecular complexity index is 638. The van der Waals surface area contributed by atoms with Gasteiger partial charge < -0.3 is 10.0 Å². The number of aromatic nitrogens is 2. The van der Waals surface area contributed by atoms with Crippen molar-refractivity contribution >= 4 is 5.91 Å². The number of rotatable bonds is 4. The fourth-order valence-corrected chi connectivity index (χ4v) is 2.11. The van der Waals surface area contributed by atoms with Crippen LogP contribution in [0.15, 0.2) is 30.3 Å². The quantitative estimate of drug-likeness (QED) is 0.936. The number of carbonyl (C=O) groups excluding carboxylic acids is 1. The van der Waals surface area contributed by atoms with Gasteiger partial charge in [-0.2, -0.15) is 10.2 Å². The van der Waals surface area contributed by atoms with Crippen molar-refractivity contribution in [2.75, 3.05) is 7.05 Å². The third kappa shape index (κ3) is 3.56. The molecule has 0 radical (unpaired) electrons. The van der Waals surface area contributed by atoms with Crippen LogP contribution in [0, 0.1) is 6.92 Å². The lowest BCUT2D eigenvalue weighted by atomic mass is 10.1. The number of carbonyl (C=O) groups is 1. The zero-order valence-corrected chi connectivity index (χ0v) is 12.5. The van der Waals surface area contributed by atoms with Crippen molar-refractivity contribution in [1.82, 2.24) is 15.1 Å². The summed E-state index contributed by atoms with van der Waals surface area (Å²) >= 11 is 0. The zero-order valence-electron chi connectivity index (χ0n) is 12.5. The van der Waals surface area contributed by atoms with Crippen LogP contribution in [-0.2, 0) is 13.0 Å². The normalized spacial score (nSPS) is 10.4. The summed E-state index contributed by atoms with van der Waals surface area (Å²) in [6.07, 6.45) is 0.668. The minimum Gasteiger partial charge on any atom is -0.508 e. The summed E-state index contributed by atoms with van der Waals surface area (Å²) in [5.41, 5.74) is 3.00. The van der Waals surface area contributed by atoms with Crippen molar-refractivity contribution < 1.29 is 9.90 Å². The van der Waals surface area contributed by atoms with E-state index in [9.17, 15) is 9.90 Å². The van der Waals surface area contributed by atoms with Gasteiger partial charge in [-0.1, -0.05) is 19.1 Å². The van der Waals surface area contributed by atoms with Crippen LogP contribution in [-0.4, -0.2) is 33.2 Å². The van der Waals surface area contributed by atoms with E-state index in [1.165, 1.54) is 0 Å². The summed E-state index contributed by atoms with van der Waals surface area (Å²) in [4.78, 5) is 14.2. The monoisotopic (exact) mass is 285 g/mol. The summed E-state index contributed by atoms with van der Waals surface area (Å²) in [6.45, 7) is 4.25. The predicted octanol–water partition coefficient (Wildman–Crippen LogP) is 2.33. The Morgan fingerprint density at radius 2 is 1.90 bits per heavy atom. The van der Waals surface area contributed by atoms with E-state index in [-0.39, 0.29) is 11.7 Å². The molecule has 1 amide bonds. The van der Waals surface area contributed by atoms with Crippen molar-refractivity contribution in [2.45, 2.75) is 26.8 Å². The Balaban J connectivity index is 2.19. The van der Waals surface area contributed by atoms with E-state index >= 15 is 0 Å². The molecule has 0 bridgehead atoms. The molecule has 1 heterocycles. The van der Waals surface area contributed by atoms with Crippen LogP contribution in [0.5, 0.6) is 5.75 Å². The summed E-state index contributed by atoms with van der Waals surface area (Å²) < 4.78 is 0. The third-order valence-corrected chi connectivity index (χ3v) is 3.26. The Morgan fingerprint density at radius 3 is 2.52 bits per heavy atom. The SMILES string of the molecule is CCc1nnc(C)cc1C(=O)N(C)Cc1ccc(O)cc1. The van der Waals surface area contributed by atoms with E-state index in [0.717, 1.165) is 11.3 Å². The van der Waals surface area contributed by atoms with Crippen LogP contribution < -0.4 is 0 Å². The van der Waals surface area contributed by atoms with E-state index in [1.54, 1.807) is 42.3 Å². The number of hydrogen-bond acceptors (Lipinski definition) is 4. The minimum absolute atomic E-state index is 0.0714. The van der Waals surface area contributed by atoms with Gasteiger partial charge in [-0.15, -0.1) is 0 Å². The number of amides is 1. The zero-order chi connectivity index (χ0) is 15.4. The fourth-order valence-electron chi connectivity index (χ4n) is 2.11. The van der Waals surface area contributed by atoms with Crippen LogP contribution in [0.25, 0.3) is 0 Å². The van der Waals surface area contributed by atoms with Crippen LogP contribution in [0.1, 0.15) is 34.2 Å². The van der Waals surface area contributed by atoms with Crippen LogP contribution in [0.4, 0.5) is 0 Å². The van der Waals surface area contributed by atoms with E-state index < -0.39 is 0 Å². The lowest BCUT2D eigenvalue weighted by Gasteiger charge is -2.18. The molecule has 0 aliphatic rings. The van der Waals surface area contributed by atoms with Gasteiger partial charge in [-0.25, -0.2) is 0 Å². The predicted molar refractivity (Wildman–Crippen MR) is 80.1 cm³/mol. The van der Waals surface area contributed by atoms with Crippen molar-refractivity contribution in [3.8, 4) is 5.75 Å². The Hall–Kier alpha value is -2.43. The molecular formula is C16H19N3O2. The number of aryl methyl sites for hydroxylation is 2. The number of nitrogens with zero attached hydrogens (tertiary/aromatic N) is 3. The average Bonchev–Trinajstić information content (AvgIpc) is 2.48. The molecule has 1 aromatic carbocycles. The molecule has 0 aliphatic heterocycles. The molecule has 0 aliphatic carbocycles. The molecule has 21 heavy (non-hydrogen) atoms. The first-order valence-electron chi connectivity index (χ1n) is 6.87. The Kier molecular flexibility index (Phi) is 4.52. The number of hydrogen-bond donors (Lipinski definition) is 1. The molecule has 0 unspecified atom stereocenters. The molecule has 0 fully saturated rings. The van der Waals surface area contributed by atoms with Crippen molar-refractivity contribution in [3.05, 3.63) is 52.8 Å². The first kappa shape index (κ1) is 15.0. The van der Waals surface area contributed by atoms with Gasteiger partial charge >= 0.3 is 0 Å². The number of benzene rings is 1. The first-order valence-corrected chi connectivity index (χ1v) is 6.87. The molecule has 2 rings (SSSR count). The second-order valence-electron chi connectivity index (χ2n) is 5.03. The molecule has 0 saturated carbocycles. The second kappa shape index (κ2) is 6.35. The Labute approximate surface area is 124 Å². The second-order valence-corrected chi connectivity index (χ2v) is 5.03. The van der Waals surface area contributed by atoms with Crippen LogP contribution in [0.3, 0.4) is 0 Å². The summed E-state index contributed by atoms with van der Waals surface area (Å²) in [7, 11) is 1.75.